The maximum atomic E-state index is 14.6. The minimum absolute atomic E-state index is 0.0205. The van der Waals surface area contributed by atoms with Crippen LogP contribution in [0.15, 0.2) is 22.8 Å². The topological polar surface area (TPSA) is 136 Å². The molecule has 11 nitrogen and oxygen atoms in total. The number of furan rings is 1. The Morgan fingerprint density at radius 3 is 2.05 bits per heavy atom. The lowest BCUT2D eigenvalue weighted by atomic mass is 9.74. The normalized spacial score (nSPS) is 23.8. The second-order valence-corrected chi connectivity index (χ2v) is 16.8. The van der Waals surface area contributed by atoms with Crippen LogP contribution in [0.4, 0.5) is 9.59 Å². The van der Waals surface area contributed by atoms with Crippen molar-refractivity contribution < 1.29 is 42.5 Å². The summed E-state index contributed by atoms with van der Waals surface area (Å²) in [7, 11) is -3.72. The third kappa shape index (κ3) is 8.83. The van der Waals surface area contributed by atoms with E-state index in [0.717, 1.165) is 4.90 Å². The molecular formula is C30H51N2O9P. The van der Waals surface area contributed by atoms with Gasteiger partial charge in [0.1, 0.15) is 17.0 Å². The van der Waals surface area contributed by atoms with Gasteiger partial charge in [0.2, 0.25) is 7.37 Å². The van der Waals surface area contributed by atoms with Crippen molar-refractivity contribution in [1.82, 2.24) is 9.80 Å². The zero-order valence-corrected chi connectivity index (χ0v) is 27.9. The highest BCUT2D eigenvalue weighted by Gasteiger charge is 2.66. The van der Waals surface area contributed by atoms with Crippen molar-refractivity contribution in [2.24, 2.45) is 5.41 Å². The zero-order valence-electron chi connectivity index (χ0n) is 27.0. The number of carboxylic acid groups (broad SMARTS) is 1. The van der Waals surface area contributed by atoms with Gasteiger partial charge in [0.05, 0.1) is 19.4 Å². The molecule has 42 heavy (non-hydrogen) atoms. The molecular weight excluding hydrogens is 563 g/mol. The second-order valence-electron chi connectivity index (χ2n) is 13.9. The molecule has 1 aromatic rings. The van der Waals surface area contributed by atoms with Crippen molar-refractivity contribution in [3.63, 3.8) is 0 Å². The second kappa shape index (κ2) is 13.5. The van der Waals surface area contributed by atoms with Crippen LogP contribution in [0.1, 0.15) is 94.3 Å². The highest BCUT2D eigenvalue weighted by molar-refractivity contribution is 7.62. The summed E-state index contributed by atoms with van der Waals surface area (Å²) in [4.78, 5) is 42.2. The fourth-order valence-corrected chi connectivity index (χ4v) is 9.14. The molecule has 0 aliphatic carbocycles. The van der Waals surface area contributed by atoms with Gasteiger partial charge >= 0.3 is 18.2 Å². The molecule has 3 unspecified atom stereocenters. The molecule has 1 N–H and O–H groups in total. The van der Waals surface area contributed by atoms with Gasteiger partial charge in [-0.25, -0.2) is 14.5 Å². The van der Waals surface area contributed by atoms with Gasteiger partial charge in [-0.1, -0.05) is 20.8 Å². The Kier molecular flexibility index (Phi) is 11.5. The average Bonchev–Trinajstić information content (AvgIpc) is 3.30. The first-order valence-corrected chi connectivity index (χ1v) is 16.4. The minimum atomic E-state index is -3.72. The van der Waals surface area contributed by atoms with Gasteiger partial charge < -0.3 is 23.5 Å². The maximum Gasteiger partial charge on any atom is 0.419 e. The summed E-state index contributed by atoms with van der Waals surface area (Å²) >= 11 is 0. The third-order valence-electron chi connectivity index (χ3n) is 6.99. The first kappa shape index (κ1) is 35.8. The Morgan fingerprint density at radius 2 is 1.62 bits per heavy atom. The largest absolute Gasteiger partial charge is 0.480 e. The number of carboxylic acids is 1. The quantitative estimate of drug-likeness (QED) is 0.217. The number of hydrogen-bond donors (Lipinski definition) is 1. The van der Waals surface area contributed by atoms with Gasteiger partial charge in [0.15, 0.2) is 5.16 Å². The lowest BCUT2D eigenvalue weighted by Crippen LogP contribution is -2.66. The molecule has 0 radical (unpaired) electrons. The first-order chi connectivity index (χ1) is 19.2. The molecule has 3 atom stereocenters. The summed E-state index contributed by atoms with van der Waals surface area (Å²) in [6.07, 6.45) is 0.484. The van der Waals surface area contributed by atoms with E-state index in [4.69, 9.17) is 18.4 Å². The Morgan fingerprint density at radius 1 is 1.05 bits per heavy atom. The number of carbonyl (C=O) groups is 3. The Labute approximate surface area is 250 Å². The first-order valence-electron chi connectivity index (χ1n) is 14.6. The van der Waals surface area contributed by atoms with Crippen LogP contribution in [0.25, 0.3) is 0 Å². The van der Waals surface area contributed by atoms with Gasteiger partial charge in [-0.2, -0.15) is 0 Å². The maximum absolute atomic E-state index is 14.6. The van der Waals surface area contributed by atoms with E-state index < -0.39 is 53.3 Å². The van der Waals surface area contributed by atoms with Crippen molar-refractivity contribution in [1.29, 1.82) is 0 Å². The monoisotopic (exact) mass is 614 g/mol. The fraction of sp³-hybridized carbons (Fsp3) is 0.767. The third-order valence-corrected chi connectivity index (χ3v) is 10.3. The van der Waals surface area contributed by atoms with E-state index >= 15 is 0 Å². The lowest BCUT2D eigenvalue weighted by Gasteiger charge is -2.55. The molecule has 2 amide bonds. The van der Waals surface area contributed by atoms with Gasteiger partial charge in [0.25, 0.3) is 0 Å². The predicted octanol–water partition coefficient (Wildman–Crippen LogP) is 6.99. The standard InChI is InChI=1S/C30H51N2O9P/c1-11-39-42(37)20-18-31(21-22-15-14-19-38-22)23(27(2,3)4)30(42,24(33)34)16-12-13-17-32(25(35)40-28(5,6)7)26(36)41-29(8,9)10/h14-15,19,23H,11-13,16-18,20-21H2,1-10H3,(H,33,34). The number of nitrogens with zero attached hydrogens (tertiary/aromatic N) is 2. The predicted molar refractivity (Wildman–Crippen MR) is 160 cm³/mol. The molecule has 0 bridgehead atoms. The Bertz CT molecular complexity index is 1090. The van der Waals surface area contributed by atoms with Crippen molar-refractivity contribution >= 4 is 25.5 Å². The lowest BCUT2D eigenvalue weighted by molar-refractivity contribution is -0.146. The number of ether oxygens (including phenoxy) is 2. The van der Waals surface area contributed by atoms with Crippen molar-refractivity contribution in [2.75, 3.05) is 25.9 Å². The van der Waals surface area contributed by atoms with Crippen LogP contribution in [-0.4, -0.2) is 81.3 Å². The molecule has 240 valence electrons. The Balaban J connectivity index is 2.42. The molecule has 2 heterocycles. The van der Waals surface area contributed by atoms with Crippen molar-refractivity contribution in [2.45, 2.75) is 117 Å². The van der Waals surface area contributed by atoms with Crippen LogP contribution in [0, 0.1) is 5.41 Å². The highest BCUT2D eigenvalue weighted by Crippen LogP contribution is 2.67. The SMILES string of the molecule is CCOP1(=O)CCN(Cc2ccco2)C(C(C)(C)C)C1(CCCCN(C(=O)OC(C)(C)C)C(=O)OC(C)(C)C)C(=O)O. The summed E-state index contributed by atoms with van der Waals surface area (Å²) in [5.74, 6) is -0.499. The summed E-state index contributed by atoms with van der Waals surface area (Å²) in [5.41, 5.74) is -2.28. The van der Waals surface area contributed by atoms with Crippen LogP contribution in [-0.2, 0) is 29.9 Å². The van der Waals surface area contributed by atoms with Gasteiger partial charge in [-0.3, -0.25) is 14.3 Å². The summed E-state index contributed by atoms with van der Waals surface area (Å²) in [6.45, 7) is 18.5. The molecule has 1 fully saturated rings. The van der Waals surface area contributed by atoms with E-state index in [2.05, 4.69) is 0 Å². The molecule has 1 saturated heterocycles. The minimum Gasteiger partial charge on any atom is -0.480 e. The van der Waals surface area contributed by atoms with E-state index in [-0.39, 0.29) is 38.6 Å². The van der Waals surface area contributed by atoms with E-state index in [0.29, 0.717) is 18.8 Å². The van der Waals surface area contributed by atoms with E-state index in [9.17, 15) is 24.1 Å². The number of hydrogen-bond acceptors (Lipinski definition) is 9. The van der Waals surface area contributed by atoms with Crippen LogP contribution in [0.5, 0.6) is 0 Å². The van der Waals surface area contributed by atoms with Crippen LogP contribution in [0.2, 0.25) is 0 Å². The molecule has 12 heteroatoms. The summed E-state index contributed by atoms with van der Waals surface area (Å²) in [6, 6.07) is 2.95. The van der Waals surface area contributed by atoms with E-state index in [1.54, 1.807) is 60.8 Å². The van der Waals surface area contributed by atoms with Crippen molar-refractivity contribution in [3.05, 3.63) is 24.2 Å². The smallest absolute Gasteiger partial charge is 0.419 e. The number of carbonyl (C=O) groups excluding carboxylic acids is 2. The Hall–Kier alpha value is -2.36. The number of aliphatic carboxylic acids is 1. The molecule has 0 saturated carbocycles. The highest BCUT2D eigenvalue weighted by atomic mass is 31.2. The molecule has 1 aliphatic rings. The number of imide groups is 1. The van der Waals surface area contributed by atoms with Gasteiger partial charge in [0, 0.05) is 25.3 Å². The molecule has 0 spiro atoms. The average molecular weight is 615 g/mol. The van der Waals surface area contributed by atoms with Gasteiger partial charge in [-0.05, 0) is 85.3 Å². The van der Waals surface area contributed by atoms with E-state index in [1.165, 1.54) is 0 Å². The number of rotatable bonds is 10. The number of amides is 2. The van der Waals surface area contributed by atoms with Crippen LogP contribution >= 0.6 is 7.37 Å². The van der Waals surface area contributed by atoms with Crippen LogP contribution < -0.4 is 0 Å². The molecule has 0 aromatic carbocycles. The summed E-state index contributed by atoms with van der Waals surface area (Å²) in [5, 5.41) is 9.18. The molecule has 1 aromatic heterocycles. The summed E-state index contributed by atoms with van der Waals surface area (Å²) < 4.78 is 36.9. The van der Waals surface area contributed by atoms with E-state index in [1.807, 2.05) is 31.7 Å². The zero-order chi connectivity index (χ0) is 32.1. The van der Waals surface area contributed by atoms with Crippen molar-refractivity contribution in [3.8, 4) is 0 Å². The fourth-order valence-electron chi connectivity index (χ4n) is 5.73. The molecule has 2 rings (SSSR count). The van der Waals surface area contributed by atoms with Gasteiger partial charge in [-0.15, -0.1) is 0 Å². The molecule has 1 aliphatic heterocycles. The number of unbranched alkanes of at least 4 members (excludes halogenated alkanes) is 1. The van der Waals surface area contributed by atoms with Crippen LogP contribution in [0.3, 0.4) is 0 Å².